The number of anilines is 2. The number of likely N-dealkylation sites (tertiary alicyclic amines) is 1. The Hall–Kier alpha value is -2.67. The highest BCUT2D eigenvalue weighted by Crippen LogP contribution is 2.18. The van der Waals surface area contributed by atoms with Crippen molar-refractivity contribution in [3.63, 3.8) is 0 Å². The van der Waals surface area contributed by atoms with Crippen molar-refractivity contribution < 1.29 is 4.79 Å². The molecule has 0 spiro atoms. The number of hydrogen-bond acceptors (Lipinski definition) is 6. The lowest BCUT2D eigenvalue weighted by Gasteiger charge is -2.36. The van der Waals surface area contributed by atoms with Crippen LogP contribution in [-0.2, 0) is 11.3 Å². The molecule has 0 saturated carbocycles. The Bertz CT molecular complexity index is 758. The SMILES string of the molecule is Cc1cnc(N)nc1NCC(=O)N(C)C1CCN(Cc2ccccc2)CC1. The first-order valence-corrected chi connectivity index (χ1v) is 9.38. The predicted molar refractivity (Wildman–Crippen MR) is 107 cm³/mol. The number of aromatic nitrogens is 2. The molecule has 1 amide bonds. The highest BCUT2D eigenvalue weighted by atomic mass is 16.2. The Morgan fingerprint density at radius 1 is 1.30 bits per heavy atom. The van der Waals surface area contributed by atoms with Crippen LogP contribution in [0.15, 0.2) is 36.5 Å². The monoisotopic (exact) mass is 368 g/mol. The minimum atomic E-state index is 0.0630. The van der Waals surface area contributed by atoms with Crippen LogP contribution < -0.4 is 11.1 Å². The lowest BCUT2D eigenvalue weighted by atomic mass is 10.0. The number of aryl methyl sites for hydroxylation is 1. The number of piperidine rings is 1. The molecule has 7 nitrogen and oxygen atoms in total. The summed E-state index contributed by atoms with van der Waals surface area (Å²) in [6, 6.07) is 10.8. The zero-order chi connectivity index (χ0) is 19.2. The van der Waals surface area contributed by atoms with Crippen molar-refractivity contribution in [2.75, 3.05) is 37.7 Å². The van der Waals surface area contributed by atoms with Gasteiger partial charge in [0.2, 0.25) is 11.9 Å². The van der Waals surface area contributed by atoms with Crippen molar-refractivity contribution in [3.05, 3.63) is 47.7 Å². The van der Waals surface area contributed by atoms with Crippen molar-refractivity contribution in [2.45, 2.75) is 32.4 Å². The topological polar surface area (TPSA) is 87.4 Å². The fraction of sp³-hybridized carbons (Fsp3) is 0.450. The Morgan fingerprint density at radius 2 is 2.00 bits per heavy atom. The molecule has 0 bridgehead atoms. The largest absolute Gasteiger partial charge is 0.368 e. The van der Waals surface area contributed by atoms with E-state index in [-0.39, 0.29) is 24.4 Å². The van der Waals surface area contributed by atoms with Gasteiger partial charge in [0.15, 0.2) is 0 Å². The van der Waals surface area contributed by atoms with Gasteiger partial charge in [-0.25, -0.2) is 4.98 Å². The van der Waals surface area contributed by atoms with Crippen LogP contribution in [0, 0.1) is 6.92 Å². The number of nitrogen functional groups attached to an aromatic ring is 1. The number of amides is 1. The van der Waals surface area contributed by atoms with Crippen molar-refractivity contribution in [3.8, 4) is 0 Å². The van der Waals surface area contributed by atoms with E-state index in [0.29, 0.717) is 5.82 Å². The number of nitrogens with zero attached hydrogens (tertiary/aromatic N) is 4. The van der Waals surface area contributed by atoms with E-state index >= 15 is 0 Å². The molecule has 0 unspecified atom stereocenters. The first-order chi connectivity index (χ1) is 13.0. The first kappa shape index (κ1) is 19.1. The maximum atomic E-state index is 12.6. The molecule has 1 aliphatic rings. The molecular formula is C20H28N6O. The molecule has 0 aliphatic carbocycles. The highest BCUT2D eigenvalue weighted by Gasteiger charge is 2.25. The van der Waals surface area contributed by atoms with Crippen molar-refractivity contribution >= 4 is 17.7 Å². The molecular weight excluding hydrogens is 340 g/mol. The van der Waals surface area contributed by atoms with Gasteiger partial charge in [0.05, 0.1) is 6.54 Å². The predicted octanol–water partition coefficient (Wildman–Crippen LogP) is 1.90. The molecule has 0 radical (unpaired) electrons. The molecule has 3 N–H and O–H groups in total. The van der Waals surface area contributed by atoms with Gasteiger partial charge in [-0.1, -0.05) is 30.3 Å². The lowest BCUT2D eigenvalue weighted by molar-refractivity contribution is -0.130. The summed E-state index contributed by atoms with van der Waals surface area (Å²) in [7, 11) is 1.89. The number of likely N-dealkylation sites (N-methyl/N-ethyl adjacent to an activating group) is 1. The third-order valence-corrected chi connectivity index (χ3v) is 5.14. The van der Waals surface area contributed by atoms with Crippen LogP contribution in [-0.4, -0.2) is 58.4 Å². The lowest BCUT2D eigenvalue weighted by Crippen LogP contribution is -2.46. The number of carbonyl (C=O) groups is 1. The Kier molecular flexibility index (Phi) is 6.24. The van der Waals surface area contributed by atoms with Gasteiger partial charge in [-0.15, -0.1) is 0 Å². The number of nitrogens with two attached hydrogens (primary N) is 1. The van der Waals surface area contributed by atoms with E-state index in [0.717, 1.165) is 38.0 Å². The Morgan fingerprint density at radius 3 is 2.70 bits per heavy atom. The summed E-state index contributed by atoms with van der Waals surface area (Å²) in [5, 5.41) is 3.08. The minimum absolute atomic E-state index is 0.0630. The van der Waals surface area contributed by atoms with Gasteiger partial charge in [-0.05, 0) is 25.3 Å². The van der Waals surface area contributed by atoms with Crippen molar-refractivity contribution in [1.29, 1.82) is 0 Å². The molecule has 1 aromatic heterocycles. The number of benzene rings is 1. The number of hydrogen-bond donors (Lipinski definition) is 2. The van der Waals surface area contributed by atoms with Crippen molar-refractivity contribution in [2.24, 2.45) is 0 Å². The van der Waals surface area contributed by atoms with E-state index in [9.17, 15) is 4.79 Å². The average molecular weight is 368 g/mol. The van der Waals surface area contributed by atoms with Gasteiger partial charge in [-0.3, -0.25) is 9.69 Å². The molecule has 1 aliphatic heterocycles. The zero-order valence-corrected chi connectivity index (χ0v) is 16.1. The van der Waals surface area contributed by atoms with E-state index in [2.05, 4.69) is 44.5 Å². The van der Waals surface area contributed by atoms with Crippen LogP contribution in [0.4, 0.5) is 11.8 Å². The van der Waals surface area contributed by atoms with Crippen LogP contribution in [0.1, 0.15) is 24.0 Å². The summed E-state index contributed by atoms with van der Waals surface area (Å²) >= 11 is 0. The van der Waals surface area contributed by atoms with Gasteiger partial charge in [0, 0.05) is 44.5 Å². The van der Waals surface area contributed by atoms with Crippen LogP contribution in [0.2, 0.25) is 0 Å². The Balaban J connectivity index is 1.46. The fourth-order valence-electron chi connectivity index (χ4n) is 3.43. The summed E-state index contributed by atoms with van der Waals surface area (Å²) in [4.78, 5) is 25.0. The molecule has 7 heteroatoms. The second-order valence-electron chi connectivity index (χ2n) is 7.11. The number of carbonyl (C=O) groups excluding carboxylic acids is 1. The van der Waals surface area contributed by atoms with E-state index in [1.807, 2.05) is 24.9 Å². The van der Waals surface area contributed by atoms with Crippen molar-refractivity contribution in [1.82, 2.24) is 19.8 Å². The Labute approximate surface area is 160 Å². The van der Waals surface area contributed by atoms with E-state index in [1.54, 1.807) is 6.20 Å². The summed E-state index contributed by atoms with van der Waals surface area (Å²) in [6.07, 6.45) is 3.64. The minimum Gasteiger partial charge on any atom is -0.368 e. The second-order valence-corrected chi connectivity index (χ2v) is 7.11. The standard InChI is InChI=1S/C20H28N6O/c1-15-12-23-20(21)24-19(15)22-13-18(27)25(2)17-8-10-26(11-9-17)14-16-6-4-3-5-7-16/h3-7,12,17H,8-11,13-14H2,1-2H3,(H3,21,22,23,24). The molecule has 1 aromatic carbocycles. The zero-order valence-electron chi connectivity index (χ0n) is 16.1. The third kappa shape index (κ3) is 5.17. The van der Waals surface area contributed by atoms with Crippen LogP contribution in [0.25, 0.3) is 0 Å². The van der Waals surface area contributed by atoms with Crippen LogP contribution >= 0.6 is 0 Å². The normalized spacial score (nSPS) is 15.5. The van der Waals surface area contributed by atoms with Gasteiger partial charge in [0.25, 0.3) is 0 Å². The summed E-state index contributed by atoms with van der Waals surface area (Å²) < 4.78 is 0. The summed E-state index contributed by atoms with van der Waals surface area (Å²) in [5.74, 6) is 0.879. The third-order valence-electron chi connectivity index (χ3n) is 5.14. The molecule has 0 atom stereocenters. The summed E-state index contributed by atoms with van der Waals surface area (Å²) in [6.45, 7) is 5.08. The molecule has 144 valence electrons. The summed E-state index contributed by atoms with van der Waals surface area (Å²) in [5.41, 5.74) is 7.82. The fourth-order valence-corrected chi connectivity index (χ4v) is 3.43. The van der Waals surface area contributed by atoms with Gasteiger partial charge in [0.1, 0.15) is 5.82 Å². The second kappa shape index (κ2) is 8.81. The highest BCUT2D eigenvalue weighted by molar-refractivity contribution is 5.80. The van der Waals surface area contributed by atoms with Gasteiger partial charge < -0.3 is 16.0 Å². The molecule has 27 heavy (non-hydrogen) atoms. The van der Waals surface area contributed by atoms with Crippen LogP contribution in [0.5, 0.6) is 0 Å². The smallest absolute Gasteiger partial charge is 0.241 e. The van der Waals surface area contributed by atoms with Gasteiger partial charge >= 0.3 is 0 Å². The maximum absolute atomic E-state index is 12.6. The molecule has 3 rings (SSSR count). The van der Waals surface area contributed by atoms with E-state index in [1.165, 1.54) is 5.56 Å². The quantitative estimate of drug-likeness (QED) is 0.810. The molecule has 1 fully saturated rings. The van der Waals surface area contributed by atoms with E-state index < -0.39 is 0 Å². The van der Waals surface area contributed by atoms with Gasteiger partial charge in [-0.2, -0.15) is 4.98 Å². The molecule has 2 heterocycles. The van der Waals surface area contributed by atoms with E-state index in [4.69, 9.17) is 5.73 Å². The number of nitrogens with one attached hydrogen (secondary N) is 1. The first-order valence-electron chi connectivity index (χ1n) is 9.38. The maximum Gasteiger partial charge on any atom is 0.241 e. The average Bonchev–Trinajstić information content (AvgIpc) is 2.69. The molecule has 2 aromatic rings. The van der Waals surface area contributed by atoms with Crippen LogP contribution in [0.3, 0.4) is 0 Å². The number of rotatable bonds is 6. The molecule has 1 saturated heterocycles.